The van der Waals surface area contributed by atoms with Crippen LogP contribution in [0.5, 0.6) is 5.75 Å². The number of carboxylic acid groups (broad SMARTS) is 3. The molecule has 0 unspecified atom stereocenters. The summed E-state index contributed by atoms with van der Waals surface area (Å²) in [4.78, 5) is 74.8. The second-order valence-electron chi connectivity index (χ2n) is 22.7. The summed E-state index contributed by atoms with van der Waals surface area (Å²) in [5, 5.41) is 35.7. The van der Waals surface area contributed by atoms with E-state index in [1.165, 1.54) is 0 Å². The Kier molecular flexibility index (Phi) is 23.6. The Morgan fingerprint density at radius 2 is 1.33 bits per heavy atom. The first-order valence-corrected chi connectivity index (χ1v) is 32.0. The van der Waals surface area contributed by atoms with Gasteiger partial charge >= 0.3 is 23.9 Å². The molecule has 23 heteroatoms. The molecule has 2 atom stereocenters. The number of ether oxygens (including phenoxy) is 1. The van der Waals surface area contributed by atoms with Gasteiger partial charge in [0.15, 0.2) is 5.71 Å². The van der Waals surface area contributed by atoms with E-state index in [1.54, 1.807) is 24.3 Å². The van der Waals surface area contributed by atoms with Crippen LogP contribution in [0.3, 0.4) is 0 Å². The highest BCUT2D eigenvalue weighted by atomic mass is 32.2. The zero-order valence-electron chi connectivity index (χ0n) is 48.7. The van der Waals surface area contributed by atoms with Crippen molar-refractivity contribution in [3.63, 3.8) is 0 Å². The number of anilines is 1. The maximum Gasteiger partial charge on any atom is 0.326 e. The molecule has 0 fully saturated rings. The van der Waals surface area contributed by atoms with Crippen LogP contribution in [0.2, 0.25) is 0 Å². The van der Waals surface area contributed by atoms with Crippen molar-refractivity contribution in [2.75, 3.05) is 36.0 Å². The summed E-state index contributed by atoms with van der Waals surface area (Å²) in [5.41, 5.74) is 7.76. The van der Waals surface area contributed by atoms with E-state index in [2.05, 4.69) is 89.6 Å². The molecule has 1 aliphatic carbocycles. The SMILES string of the molecule is CC1(C)C(=CC=C2CCCC(C=CC3=[N+](CCCCS(=O)(=O)O)c4ccccc4C3(C)C)=C2Oc2ccc(C[C@H](NC(=O)CCCCC(=O)CC[C@H](NC(=O)NCCCC(=O)O)C(=O)O)C(=O)O)cc2)N(CCCCS(=O)(=O)O)c2ccccc21. The van der Waals surface area contributed by atoms with Gasteiger partial charge in [-0.25, -0.2) is 14.4 Å². The van der Waals surface area contributed by atoms with Crippen LogP contribution < -0.4 is 25.6 Å². The van der Waals surface area contributed by atoms with E-state index in [1.807, 2.05) is 36.4 Å². The van der Waals surface area contributed by atoms with Crippen LogP contribution >= 0.6 is 0 Å². The number of benzene rings is 3. The fourth-order valence-corrected chi connectivity index (χ4v) is 12.2. The summed E-state index contributed by atoms with van der Waals surface area (Å²) in [6, 6.07) is 19.7. The predicted molar refractivity (Wildman–Crippen MR) is 321 cm³/mol. The molecule has 0 saturated carbocycles. The second kappa shape index (κ2) is 30.1. The molecule has 6 rings (SSSR count). The minimum atomic E-state index is -4.13. The minimum absolute atomic E-state index is 0.0214. The highest BCUT2D eigenvalue weighted by molar-refractivity contribution is 7.86. The third kappa shape index (κ3) is 19.5. The van der Waals surface area contributed by atoms with E-state index in [0.29, 0.717) is 55.8 Å². The smallest absolute Gasteiger partial charge is 0.326 e. The topological polar surface area (TPSA) is 323 Å². The fourth-order valence-electron chi connectivity index (χ4n) is 11.0. The molecule has 3 aromatic carbocycles. The molecule has 460 valence electrons. The predicted octanol–water partition coefficient (Wildman–Crippen LogP) is 8.72. The number of aliphatic carboxylic acids is 3. The second-order valence-corrected chi connectivity index (χ2v) is 25.9. The summed E-state index contributed by atoms with van der Waals surface area (Å²) in [6.07, 6.45) is 12.1. The van der Waals surface area contributed by atoms with Gasteiger partial charge in [0.05, 0.1) is 16.9 Å². The van der Waals surface area contributed by atoms with Crippen LogP contribution in [-0.2, 0) is 61.5 Å². The molecule has 0 bridgehead atoms. The quantitative estimate of drug-likeness (QED) is 0.0160. The summed E-state index contributed by atoms with van der Waals surface area (Å²) < 4.78 is 74.5. The molecule has 0 saturated heterocycles. The number of fused-ring (bicyclic) bond motifs is 2. The van der Waals surface area contributed by atoms with Crippen molar-refractivity contribution in [1.82, 2.24) is 16.0 Å². The van der Waals surface area contributed by atoms with E-state index >= 15 is 0 Å². The number of urea groups is 1. The van der Waals surface area contributed by atoms with Gasteiger partial charge in [-0.15, -0.1) is 0 Å². The van der Waals surface area contributed by atoms with Gasteiger partial charge in [0.2, 0.25) is 11.6 Å². The van der Waals surface area contributed by atoms with Gasteiger partial charge < -0.3 is 40.9 Å². The maximum absolute atomic E-state index is 13.0. The van der Waals surface area contributed by atoms with Crippen LogP contribution in [0.25, 0.3) is 0 Å². The van der Waals surface area contributed by atoms with Crippen molar-refractivity contribution in [2.24, 2.45) is 0 Å². The number of carbonyl (C=O) groups is 6. The number of nitrogens with zero attached hydrogens (tertiary/aromatic N) is 2. The van der Waals surface area contributed by atoms with Crippen molar-refractivity contribution >= 4 is 73.0 Å². The number of nitrogens with one attached hydrogen (secondary N) is 3. The molecule has 0 radical (unpaired) electrons. The Balaban J connectivity index is 1.20. The van der Waals surface area contributed by atoms with E-state index in [-0.39, 0.29) is 94.5 Å². The molecular weight excluding hydrogens is 1130 g/mol. The number of carboxylic acids is 3. The van der Waals surface area contributed by atoms with Gasteiger partial charge in [0.25, 0.3) is 20.2 Å². The third-order valence-electron chi connectivity index (χ3n) is 15.5. The van der Waals surface area contributed by atoms with Crippen molar-refractivity contribution in [3.8, 4) is 5.75 Å². The lowest BCUT2D eigenvalue weighted by atomic mass is 9.81. The Bertz CT molecular complexity index is 3340. The van der Waals surface area contributed by atoms with E-state index in [0.717, 1.165) is 51.5 Å². The first-order valence-electron chi connectivity index (χ1n) is 28.8. The number of rotatable bonds is 33. The molecule has 8 N–H and O–H groups in total. The number of Topliss-reactive ketones (excluding diaryl/α,β-unsaturated/α-hetero) is 1. The number of amides is 3. The number of ketones is 1. The number of para-hydroxylation sites is 2. The fraction of sp³-hybridized carbons (Fsp3) is 0.468. The highest BCUT2D eigenvalue weighted by Gasteiger charge is 2.44. The average molecular weight is 1220 g/mol. The van der Waals surface area contributed by atoms with Gasteiger partial charge in [0.1, 0.15) is 35.9 Å². The van der Waals surface area contributed by atoms with Crippen molar-refractivity contribution in [2.45, 2.75) is 153 Å². The number of hydrogen-bond donors (Lipinski definition) is 8. The number of allylic oxidation sites excluding steroid dienone is 7. The lowest BCUT2D eigenvalue weighted by molar-refractivity contribution is -0.438. The summed E-state index contributed by atoms with van der Waals surface area (Å²) >= 11 is 0. The Hall–Kier alpha value is -7.47. The average Bonchev–Trinajstić information content (AvgIpc) is 1.74. The van der Waals surface area contributed by atoms with E-state index < -0.39 is 73.0 Å². The van der Waals surface area contributed by atoms with Gasteiger partial charge in [-0.05, 0) is 131 Å². The zero-order valence-corrected chi connectivity index (χ0v) is 50.3. The molecule has 2 aliphatic heterocycles. The van der Waals surface area contributed by atoms with Gasteiger partial charge in [-0.1, -0.05) is 68.5 Å². The normalized spacial score (nSPS) is 17.2. The third-order valence-corrected chi connectivity index (χ3v) is 17.1. The molecule has 0 aromatic heterocycles. The van der Waals surface area contributed by atoms with Crippen LogP contribution in [0.4, 0.5) is 16.2 Å². The number of carbonyl (C=O) groups excluding carboxylic acids is 3. The molecule has 2 heterocycles. The van der Waals surface area contributed by atoms with Crippen LogP contribution in [-0.4, -0.2) is 130 Å². The first-order chi connectivity index (χ1) is 40.1. The number of hydrogen-bond acceptors (Lipinski definition) is 12. The van der Waals surface area contributed by atoms with E-state index in [4.69, 9.17) is 9.84 Å². The Morgan fingerprint density at radius 1 is 0.682 bits per heavy atom. The zero-order chi connectivity index (χ0) is 62.1. The minimum Gasteiger partial charge on any atom is -0.481 e. The highest BCUT2D eigenvalue weighted by Crippen LogP contribution is 2.48. The Morgan fingerprint density at radius 3 is 2.00 bits per heavy atom. The molecular formula is C62H80N5O16S2+. The summed E-state index contributed by atoms with van der Waals surface area (Å²) in [5.74, 6) is -4.03. The van der Waals surface area contributed by atoms with Crippen molar-refractivity contribution in [1.29, 1.82) is 0 Å². The largest absolute Gasteiger partial charge is 0.481 e. The van der Waals surface area contributed by atoms with Crippen LogP contribution in [0.15, 0.2) is 120 Å². The molecule has 21 nitrogen and oxygen atoms in total. The van der Waals surface area contributed by atoms with Crippen LogP contribution in [0, 0.1) is 0 Å². The standard InChI is InChI=1S/C62H79N5O16S2/c1-61(2)47-20-6-8-22-51(47)66(37-11-13-39-84(77,78)79)53(61)34-28-43-17-15-18-44(29-35-54-62(3,4)48-21-7-9-23-52(48)67(54)38-12-14-40-85(80,81)82)57(43)83-46-31-26-42(27-32-46)41-50(59(74)75)64-55(69)24-10-5-19-45(68)30-33-49(58(72)73)65-60(76)63-36-16-25-56(70)71/h6-9,20-23,26-29,31-32,34-35,49-50H,5,10-19,24-25,30,33,36-41H2,1-4H3,(H7-,63,64,65,69,70,71,72,73,74,75,76,77,78,79,80,81,82)/p+1/t49-,50-/m0/s1. The van der Waals surface area contributed by atoms with Crippen LogP contribution in [0.1, 0.15) is 141 Å². The maximum atomic E-state index is 13.0. The monoisotopic (exact) mass is 1210 g/mol. The van der Waals surface area contributed by atoms with Gasteiger partial charge in [0, 0.05) is 86.1 Å². The molecule has 85 heavy (non-hydrogen) atoms. The van der Waals surface area contributed by atoms with Gasteiger partial charge in [-0.3, -0.25) is 23.5 Å². The molecule has 3 aliphatic rings. The first kappa shape index (κ1) is 66.7. The van der Waals surface area contributed by atoms with Crippen molar-refractivity contribution < 1.29 is 79.3 Å². The van der Waals surface area contributed by atoms with Gasteiger partial charge in [-0.2, -0.15) is 21.4 Å². The molecule has 3 amide bonds. The molecule has 3 aromatic rings. The summed E-state index contributed by atoms with van der Waals surface area (Å²) in [7, 11) is -8.25. The van der Waals surface area contributed by atoms with Crippen molar-refractivity contribution in [3.05, 3.63) is 136 Å². The Labute approximate surface area is 497 Å². The number of unbranched alkanes of at least 4 members (excludes halogenated alkanes) is 3. The molecule has 0 spiro atoms. The summed E-state index contributed by atoms with van der Waals surface area (Å²) in [6.45, 7) is 9.62. The lowest BCUT2D eigenvalue weighted by Gasteiger charge is -2.27. The van der Waals surface area contributed by atoms with E-state index in [9.17, 15) is 64.9 Å². The lowest BCUT2D eigenvalue weighted by Crippen LogP contribution is -2.46.